The van der Waals surface area contributed by atoms with Crippen molar-refractivity contribution >= 4 is 0 Å². The van der Waals surface area contributed by atoms with Crippen LogP contribution in [0.3, 0.4) is 0 Å². The molecule has 0 heterocycles. The second-order valence-corrected chi connectivity index (χ2v) is 4.56. The third kappa shape index (κ3) is 1.47. The van der Waals surface area contributed by atoms with Crippen molar-refractivity contribution in [2.75, 3.05) is 19.7 Å². The Balaban J connectivity index is 1.84. The average molecular weight is 198 g/mol. The van der Waals surface area contributed by atoms with E-state index in [1.54, 1.807) is 0 Å². The van der Waals surface area contributed by atoms with Gasteiger partial charge in [-0.2, -0.15) is 0 Å². The zero-order valence-electron chi connectivity index (χ0n) is 9.09. The third-order valence-electron chi connectivity index (χ3n) is 3.97. The maximum atomic E-state index is 5.77. The number of rotatable bonds is 5. The van der Waals surface area contributed by atoms with E-state index in [0.717, 1.165) is 19.7 Å². The Bertz CT molecular complexity index is 192. The maximum absolute atomic E-state index is 5.77. The van der Waals surface area contributed by atoms with Crippen molar-refractivity contribution < 1.29 is 4.74 Å². The molecule has 0 bridgehead atoms. The van der Waals surface area contributed by atoms with Gasteiger partial charge in [-0.25, -0.2) is 0 Å². The van der Waals surface area contributed by atoms with E-state index in [1.807, 2.05) is 0 Å². The molecule has 3 N–H and O–H groups in total. The standard InChI is InChI=1S/C11H22N2O/c1-2-14-10-8-9(13-7-6-12)11(10)4-3-5-11/h9-10,13H,2-8,12H2,1H3. The Morgan fingerprint density at radius 1 is 1.50 bits per heavy atom. The lowest BCUT2D eigenvalue weighted by Crippen LogP contribution is -2.67. The van der Waals surface area contributed by atoms with E-state index >= 15 is 0 Å². The van der Waals surface area contributed by atoms with Crippen molar-refractivity contribution in [1.29, 1.82) is 0 Å². The Morgan fingerprint density at radius 2 is 2.29 bits per heavy atom. The molecule has 0 aromatic rings. The largest absolute Gasteiger partial charge is 0.378 e. The van der Waals surface area contributed by atoms with E-state index in [-0.39, 0.29) is 0 Å². The van der Waals surface area contributed by atoms with E-state index in [4.69, 9.17) is 10.5 Å². The average Bonchev–Trinajstić information content (AvgIpc) is 2.07. The van der Waals surface area contributed by atoms with Crippen LogP contribution in [0.15, 0.2) is 0 Å². The van der Waals surface area contributed by atoms with Crippen LogP contribution in [-0.2, 0) is 4.74 Å². The molecule has 14 heavy (non-hydrogen) atoms. The van der Waals surface area contributed by atoms with Gasteiger partial charge in [-0.05, 0) is 26.2 Å². The molecule has 3 nitrogen and oxygen atoms in total. The zero-order chi connectivity index (χ0) is 10.0. The molecule has 3 heteroatoms. The third-order valence-corrected chi connectivity index (χ3v) is 3.97. The van der Waals surface area contributed by atoms with Gasteiger partial charge >= 0.3 is 0 Å². The summed E-state index contributed by atoms with van der Waals surface area (Å²) in [6.07, 6.45) is 5.79. The van der Waals surface area contributed by atoms with Crippen LogP contribution >= 0.6 is 0 Å². The molecule has 2 fully saturated rings. The molecule has 0 aromatic heterocycles. The quantitative estimate of drug-likeness (QED) is 0.689. The predicted octanol–water partition coefficient (Wildman–Crippen LogP) is 0.882. The van der Waals surface area contributed by atoms with Gasteiger partial charge in [0.05, 0.1) is 6.10 Å². The minimum atomic E-state index is 0.491. The first-order chi connectivity index (χ1) is 6.83. The Morgan fingerprint density at radius 3 is 2.79 bits per heavy atom. The highest BCUT2D eigenvalue weighted by Gasteiger charge is 2.58. The van der Waals surface area contributed by atoms with Crippen LogP contribution < -0.4 is 11.1 Å². The van der Waals surface area contributed by atoms with Crippen molar-refractivity contribution in [3.63, 3.8) is 0 Å². The van der Waals surface area contributed by atoms with Crippen LogP contribution in [0.1, 0.15) is 32.6 Å². The van der Waals surface area contributed by atoms with Gasteiger partial charge in [0.1, 0.15) is 0 Å². The van der Waals surface area contributed by atoms with Crippen molar-refractivity contribution in [3.8, 4) is 0 Å². The summed E-state index contributed by atoms with van der Waals surface area (Å²) in [6.45, 7) is 4.64. The number of nitrogens with one attached hydrogen (secondary N) is 1. The van der Waals surface area contributed by atoms with Crippen LogP contribution in [-0.4, -0.2) is 31.8 Å². The second-order valence-electron chi connectivity index (χ2n) is 4.56. The first-order valence-electron chi connectivity index (χ1n) is 5.88. The molecule has 2 unspecified atom stereocenters. The molecule has 82 valence electrons. The van der Waals surface area contributed by atoms with Crippen molar-refractivity contribution in [2.24, 2.45) is 11.1 Å². The topological polar surface area (TPSA) is 47.3 Å². The lowest BCUT2D eigenvalue weighted by Gasteiger charge is -2.61. The van der Waals surface area contributed by atoms with Gasteiger partial charge in [0.25, 0.3) is 0 Å². The normalized spacial score (nSPS) is 33.9. The fourth-order valence-electron chi connectivity index (χ4n) is 2.98. The van der Waals surface area contributed by atoms with Crippen molar-refractivity contribution in [1.82, 2.24) is 5.32 Å². The lowest BCUT2D eigenvalue weighted by molar-refractivity contribution is -0.172. The van der Waals surface area contributed by atoms with E-state index in [1.165, 1.54) is 25.7 Å². The highest BCUT2D eigenvalue weighted by molar-refractivity contribution is 5.12. The molecule has 0 aromatic carbocycles. The van der Waals surface area contributed by atoms with Crippen molar-refractivity contribution in [3.05, 3.63) is 0 Å². The smallest absolute Gasteiger partial charge is 0.0661 e. The molecule has 2 aliphatic carbocycles. The molecule has 1 spiro atoms. The number of hydrogen-bond acceptors (Lipinski definition) is 3. The zero-order valence-corrected chi connectivity index (χ0v) is 9.09. The summed E-state index contributed by atoms with van der Waals surface area (Å²) < 4.78 is 5.77. The highest BCUT2D eigenvalue weighted by Crippen LogP contribution is 2.57. The highest BCUT2D eigenvalue weighted by atomic mass is 16.5. The Hall–Kier alpha value is -0.120. The maximum Gasteiger partial charge on any atom is 0.0661 e. The molecule has 2 rings (SSSR count). The van der Waals surface area contributed by atoms with E-state index < -0.39 is 0 Å². The predicted molar refractivity (Wildman–Crippen MR) is 57.2 cm³/mol. The summed E-state index contributed by atoms with van der Waals surface area (Å²) in [5.41, 5.74) is 5.99. The second kappa shape index (κ2) is 4.17. The lowest BCUT2D eigenvalue weighted by atomic mass is 9.51. The monoisotopic (exact) mass is 198 g/mol. The number of ether oxygens (including phenoxy) is 1. The Labute approximate surface area is 86.4 Å². The van der Waals surface area contributed by atoms with Gasteiger partial charge in [0.2, 0.25) is 0 Å². The van der Waals surface area contributed by atoms with Crippen LogP contribution in [0.4, 0.5) is 0 Å². The molecule has 2 atom stereocenters. The molecule has 0 saturated heterocycles. The summed E-state index contributed by atoms with van der Waals surface area (Å²) in [4.78, 5) is 0. The summed E-state index contributed by atoms with van der Waals surface area (Å²) in [7, 11) is 0. The molecule has 2 saturated carbocycles. The first kappa shape index (κ1) is 10.4. The molecular formula is C11H22N2O. The van der Waals surface area contributed by atoms with Gasteiger partial charge in [-0.3, -0.25) is 0 Å². The first-order valence-corrected chi connectivity index (χ1v) is 5.88. The van der Waals surface area contributed by atoms with E-state index in [2.05, 4.69) is 12.2 Å². The van der Waals surface area contributed by atoms with Crippen LogP contribution in [0.2, 0.25) is 0 Å². The molecular weight excluding hydrogens is 176 g/mol. The number of nitrogens with two attached hydrogens (primary N) is 1. The van der Waals surface area contributed by atoms with Crippen molar-refractivity contribution in [2.45, 2.75) is 44.8 Å². The summed E-state index contributed by atoms with van der Waals surface area (Å²) >= 11 is 0. The summed E-state index contributed by atoms with van der Waals surface area (Å²) in [6, 6.07) is 0.677. The minimum Gasteiger partial charge on any atom is -0.378 e. The van der Waals surface area contributed by atoms with Gasteiger partial charge in [0, 0.05) is 31.2 Å². The van der Waals surface area contributed by atoms with Gasteiger partial charge in [0.15, 0.2) is 0 Å². The van der Waals surface area contributed by atoms with Crippen LogP contribution in [0, 0.1) is 5.41 Å². The van der Waals surface area contributed by atoms with E-state index in [9.17, 15) is 0 Å². The fraction of sp³-hybridized carbons (Fsp3) is 1.00. The van der Waals surface area contributed by atoms with Gasteiger partial charge < -0.3 is 15.8 Å². The van der Waals surface area contributed by atoms with Crippen LogP contribution in [0.5, 0.6) is 0 Å². The molecule has 0 amide bonds. The molecule has 2 aliphatic rings. The van der Waals surface area contributed by atoms with Gasteiger partial charge in [-0.15, -0.1) is 0 Å². The summed E-state index contributed by atoms with van der Waals surface area (Å²) in [5.74, 6) is 0. The SMILES string of the molecule is CCOC1CC(NCCN)C12CCC2. The summed E-state index contributed by atoms with van der Waals surface area (Å²) in [5, 5.41) is 3.54. The minimum absolute atomic E-state index is 0.491. The Kier molecular flexibility index (Phi) is 3.10. The van der Waals surface area contributed by atoms with Gasteiger partial charge in [-0.1, -0.05) is 6.42 Å². The van der Waals surface area contributed by atoms with Crippen LogP contribution in [0.25, 0.3) is 0 Å². The fourth-order valence-corrected chi connectivity index (χ4v) is 2.98. The number of hydrogen-bond donors (Lipinski definition) is 2. The molecule has 0 radical (unpaired) electrons. The molecule has 0 aliphatic heterocycles. The van der Waals surface area contributed by atoms with E-state index in [0.29, 0.717) is 17.6 Å².